The van der Waals surface area contributed by atoms with Gasteiger partial charge in [0.1, 0.15) is 0 Å². The zero-order valence-corrected chi connectivity index (χ0v) is 9.48. The highest BCUT2D eigenvalue weighted by molar-refractivity contribution is 4.94. The minimum absolute atomic E-state index is 0.138. The van der Waals surface area contributed by atoms with Gasteiger partial charge in [-0.1, -0.05) is 0 Å². The number of nitrogens with zero attached hydrogens (tertiary/aromatic N) is 1. The highest BCUT2D eigenvalue weighted by atomic mass is 16.5. The van der Waals surface area contributed by atoms with Gasteiger partial charge in [-0.2, -0.15) is 0 Å². The summed E-state index contributed by atoms with van der Waals surface area (Å²) in [6, 6.07) is 0.870. The predicted octanol–water partition coefficient (Wildman–Crippen LogP) is -0.180. The first kappa shape index (κ1) is 11.3. The van der Waals surface area contributed by atoms with Gasteiger partial charge in [0.15, 0.2) is 0 Å². The van der Waals surface area contributed by atoms with Gasteiger partial charge in [-0.05, 0) is 25.8 Å². The summed E-state index contributed by atoms with van der Waals surface area (Å²) >= 11 is 0. The van der Waals surface area contributed by atoms with E-state index in [1.54, 1.807) is 7.11 Å². The third-order valence-electron chi connectivity index (χ3n) is 3.58. The largest absolute Gasteiger partial charge is 0.391 e. The van der Waals surface area contributed by atoms with E-state index in [1.807, 2.05) is 0 Å². The van der Waals surface area contributed by atoms with Crippen LogP contribution in [0, 0.1) is 0 Å². The third-order valence-corrected chi connectivity index (χ3v) is 3.58. The maximum absolute atomic E-state index is 9.99. The van der Waals surface area contributed by atoms with Crippen molar-refractivity contribution in [2.45, 2.75) is 37.5 Å². The molecule has 0 radical (unpaired) electrons. The van der Waals surface area contributed by atoms with Gasteiger partial charge in [0.2, 0.25) is 0 Å². The summed E-state index contributed by atoms with van der Waals surface area (Å²) < 4.78 is 5.01. The molecule has 0 bridgehead atoms. The summed E-state index contributed by atoms with van der Waals surface area (Å²) in [5.74, 6) is 0. The lowest BCUT2D eigenvalue weighted by atomic mass is 9.96. The van der Waals surface area contributed by atoms with E-state index in [-0.39, 0.29) is 6.10 Å². The van der Waals surface area contributed by atoms with Gasteiger partial charge in [0.25, 0.3) is 0 Å². The van der Waals surface area contributed by atoms with Crippen LogP contribution in [0.25, 0.3) is 0 Å². The maximum Gasteiger partial charge on any atom is 0.0710 e. The number of ether oxygens (including phenoxy) is 1. The smallest absolute Gasteiger partial charge is 0.0710 e. The molecule has 0 aliphatic carbocycles. The van der Waals surface area contributed by atoms with Crippen LogP contribution in [0.15, 0.2) is 0 Å². The van der Waals surface area contributed by atoms with Crippen LogP contribution in [0.5, 0.6) is 0 Å². The molecule has 2 N–H and O–H groups in total. The number of piperidine rings is 1. The average molecular weight is 214 g/mol. The van der Waals surface area contributed by atoms with E-state index in [1.165, 1.54) is 12.8 Å². The normalized spacial score (nSPS) is 36.8. The fraction of sp³-hybridized carbons (Fsp3) is 1.00. The summed E-state index contributed by atoms with van der Waals surface area (Å²) in [4.78, 5) is 2.43. The second kappa shape index (κ2) is 5.25. The lowest BCUT2D eigenvalue weighted by Gasteiger charge is -2.39. The number of nitrogens with one attached hydrogen (secondary N) is 1. The number of rotatable bonds is 4. The van der Waals surface area contributed by atoms with E-state index in [0.717, 1.165) is 32.7 Å². The van der Waals surface area contributed by atoms with Gasteiger partial charge < -0.3 is 15.2 Å². The van der Waals surface area contributed by atoms with Crippen LogP contribution in [-0.4, -0.2) is 61.5 Å². The fourth-order valence-corrected chi connectivity index (χ4v) is 2.83. The fourth-order valence-electron chi connectivity index (χ4n) is 2.83. The van der Waals surface area contributed by atoms with Crippen LogP contribution < -0.4 is 5.32 Å². The standard InChI is InChI=1S/C11H22N2O2/c1-15-6-4-12-9-7-11(14)10-3-2-5-13(10)8-9/h9-12,14H,2-8H2,1H3. The topological polar surface area (TPSA) is 44.7 Å². The summed E-state index contributed by atoms with van der Waals surface area (Å²) in [5.41, 5.74) is 0. The van der Waals surface area contributed by atoms with Gasteiger partial charge in [-0.3, -0.25) is 4.90 Å². The zero-order valence-electron chi connectivity index (χ0n) is 9.48. The molecule has 2 aliphatic heterocycles. The van der Waals surface area contributed by atoms with E-state index in [9.17, 15) is 5.11 Å². The highest BCUT2D eigenvalue weighted by Gasteiger charge is 2.37. The average Bonchev–Trinajstić information content (AvgIpc) is 2.66. The number of aliphatic hydroxyl groups excluding tert-OH is 1. The van der Waals surface area contributed by atoms with E-state index in [4.69, 9.17) is 4.74 Å². The monoisotopic (exact) mass is 214 g/mol. The van der Waals surface area contributed by atoms with Crippen LogP contribution >= 0.6 is 0 Å². The summed E-state index contributed by atoms with van der Waals surface area (Å²) in [5, 5.41) is 13.4. The maximum atomic E-state index is 9.99. The quantitative estimate of drug-likeness (QED) is 0.637. The van der Waals surface area contributed by atoms with E-state index < -0.39 is 0 Å². The molecule has 2 saturated heterocycles. The zero-order chi connectivity index (χ0) is 10.7. The minimum Gasteiger partial charge on any atom is -0.391 e. The molecule has 4 nitrogen and oxygen atoms in total. The Bertz CT molecular complexity index is 201. The van der Waals surface area contributed by atoms with Crippen LogP contribution in [0.3, 0.4) is 0 Å². The van der Waals surface area contributed by atoms with Crippen molar-refractivity contribution >= 4 is 0 Å². The molecule has 2 fully saturated rings. The van der Waals surface area contributed by atoms with Crippen molar-refractivity contribution in [3.63, 3.8) is 0 Å². The van der Waals surface area contributed by atoms with Crippen molar-refractivity contribution in [2.75, 3.05) is 33.4 Å². The van der Waals surface area contributed by atoms with Gasteiger partial charge in [0.05, 0.1) is 12.7 Å². The summed E-state index contributed by atoms with van der Waals surface area (Å²) in [7, 11) is 1.72. The molecule has 0 aromatic heterocycles. The molecule has 15 heavy (non-hydrogen) atoms. The molecule has 0 aromatic rings. The number of hydrogen-bond donors (Lipinski definition) is 2. The first-order chi connectivity index (χ1) is 7.31. The van der Waals surface area contributed by atoms with E-state index in [0.29, 0.717) is 12.1 Å². The van der Waals surface area contributed by atoms with E-state index in [2.05, 4.69) is 10.2 Å². The Kier molecular flexibility index (Phi) is 3.97. The second-order valence-corrected chi connectivity index (χ2v) is 4.65. The Hall–Kier alpha value is -0.160. The SMILES string of the molecule is COCCNC1CC(O)C2CCCN2C1. The molecule has 0 amide bonds. The molecule has 2 rings (SSSR count). The summed E-state index contributed by atoms with van der Waals surface area (Å²) in [6.45, 7) is 3.87. The van der Waals surface area contributed by atoms with E-state index >= 15 is 0 Å². The Morgan fingerprint density at radius 3 is 3.20 bits per heavy atom. The van der Waals surface area contributed by atoms with Crippen molar-refractivity contribution in [1.82, 2.24) is 10.2 Å². The molecule has 2 heterocycles. The number of methoxy groups -OCH3 is 1. The Balaban J connectivity index is 1.78. The minimum atomic E-state index is -0.138. The van der Waals surface area contributed by atoms with Crippen molar-refractivity contribution in [2.24, 2.45) is 0 Å². The second-order valence-electron chi connectivity index (χ2n) is 4.65. The van der Waals surface area contributed by atoms with Crippen LogP contribution in [0.1, 0.15) is 19.3 Å². The molecular formula is C11H22N2O2. The van der Waals surface area contributed by atoms with Gasteiger partial charge >= 0.3 is 0 Å². The highest BCUT2D eigenvalue weighted by Crippen LogP contribution is 2.27. The first-order valence-corrected chi connectivity index (χ1v) is 5.95. The molecule has 4 heteroatoms. The van der Waals surface area contributed by atoms with Crippen LogP contribution in [0.4, 0.5) is 0 Å². The lowest BCUT2D eigenvalue weighted by molar-refractivity contribution is 0.0169. The van der Waals surface area contributed by atoms with Crippen LogP contribution in [-0.2, 0) is 4.74 Å². The summed E-state index contributed by atoms with van der Waals surface area (Å²) in [6.07, 6.45) is 3.17. The molecule has 0 aromatic carbocycles. The lowest BCUT2D eigenvalue weighted by Crippen LogP contribution is -2.54. The molecule has 88 valence electrons. The van der Waals surface area contributed by atoms with Gasteiger partial charge in [-0.25, -0.2) is 0 Å². The Morgan fingerprint density at radius 1 is 1.53 bits per heavy atom. The molecule has 3 unspecified atom stereocenters. The molecule has 3 atom stereocenters. The van der Waals surface area contributed by atoms with Crippen molar-refractivity contribution in [1.29, 1.82) is 0 Å². The molecular weight excluding hydrogens is 192 g/mol. The number of hydrogen-bond acceptors (Lipinski definition) is 4. The third kappa shape index (κ3) is 2.69. The van der Waals surface area contributed by atoms with Gasteiger partial charge in [0, 0.05) is 32.3 Å². The molecule has 0 saturated carbocycles. The number of aliphatic hydroxyl groups is 1. The Labute approximate surface area is 91.6 Å². The Morgan fingerprint density at radius 2 is 2.40 bits per heavy atom. The van der Waals surface area contributed by atoms with Crippen molar-refractivity contribution in [3.8, 4) is 0 Å². The number of fused-ring (bicyclic) bond motifs is 1. The van der Waals surface area contributed by atoms with Gasteiger partial charge in [-0.15, -0.1) is 0 Å². The predicted molar refractivity (Wildman–Crippen MR) is 58.9 cm³/mol. The van der Waals surface area contributed by atoms with Crippen molar-refractivity contribution < 1.29 is 9.84 Å². The van der Waals surface area contributed by atoms with Crippen molar-refractivity contribution in [3.05, 3.63) is 0 Å². The van der Waals surface area contributed by atoms with Crippen LogP contribution in [0.2, 0.25) is 0 Å². The molecule has 0 spiro atoms. The molecule has 2 aliphatic rings. The first-order valence-electron chi connectivity index (χ1n) is 5.95.